The molecule has 0 aromatic heterocycles. The third-order valence-corrected chi connectivity index (χ3v) is 2.78. The highest BCUT2D eigenvalue weighted by Gasteiger charge is 2.04. The van der Waals surface area contributed by atoms with Crippen molar-refractivity contribution in [1.82, 2.24) is 10.6 Å². The Labute approximate surface area is 125 Å². The number of carbonyl (C=O) groups is 1. The Bertz CT molecular complexity index is 416. The van der Waals surface area contributed by atoms with Crippen LogP contribution in [0.1, 0.15) is 18.4 Å². The van der Waals surface area contributed by atoms with Gasteiger partial charge in [-0.15, -0.1) is 12.4 Å². The van der Waals surface area contributed by atoms with Crippen LogP contribution in [-0.2, 0) is 11.2 Å². The van der Waals surface area contributed by atoms with Crippen molar-refractivity contribution in [2.24, 2.45) is 0 Å². The highest BCUT2D eigenvalue weighted by molar-refractivity contribution is 5.85. The lowest BCUT2D eigenvalue weighted by Crippen LogP contribution is -2.26. The zero-order valence-electron chi connectivity index (χ0n) is 11.9. The molecule has 1 rings (SSSR count). The molecule has 2 N–H and O–H groups in total. The summed E-state index contributed by atoms with van der Waals surface area (Å²) < 4.78 is 18.3. The topological polar surface area (TPSA) is 50.4 Å². The third-order valence-electron chi connectivity index (χ3n) is 2.78. The van der Waals surface area contributed by atoms with Crippen molar-refractivity contribution in [1.29, 1.82) is 0 Å². The van der Waals surface area contributed by atoms with Crippen LogP contribution in [0.15, 0.2) is 18.2 Å². The van der Waals surface area contributed by atoms with E-state index in [1.165, 1.54) is 13.2 Å². The third kappa shape index (κ3) is 6.73. The van der Waals surface area contributed by atoms with Crippen LogP contribution in [-0.4, -0.2) is 33.2 Å². The first-order valence-electron chi connectivity index (χ1n) is 6.41. The summed E-state index contributed by atoms with van der Waals surface area (Å²) in [5.41, 5.74) is 0.842. The Kier molecular flexibility index (Phi) is 9.76. The van der Waals surface area contributed by atoms with Gasteiger partial charge in [-0.05, 0) is 44.1 Å². The Hall–Kier alpha value is -1.33. The van der Waals surface area contributed by atoms with Gasteiger partial charge in [0.25, 0.3) is 0 Å². The fourth-order valence-electron chi connectivity index (χ4n) is 1.73. The van der Waals surface area contributed by atoms with E-state index < -0.39 is 0 Å². The molecule has 0 heterocycles. The molecule has 0 atom stereocenters. The van der Waals surface area contributed by atoms with Crippen molar-refractivity contribution in [3.63, 3.8) is 0 Å². The highest BCUT2D eigenvalue weighted by atomic mass is 35.5. The molecule has 0 aliphatic carbocycles. The first-order valence-corrected chi connectivity index (χ1v) is 6.41. The van der Waals surface area contributed by atoms with Gasteiger partial charge in [-0.2, -0.15) is 0 Å². The largest absolute Gasteiger partial charge is 0.494 e. The van der Waals surface area contributed by atoms with Crippen LogP contribution >= 0.6 is 12.4 Å². The van der Waals surface area contributed by atoms with Gasteiger partial charge in [0.2, 0.25) is 5.91 Å². The fraction of sp³-hybridized carbons (Fsp3) is 0.500. The van der Waals surface area contributed by atoms with Crippen LogP contribution in [0.4, 0.5) is 4.39 Å². The van der Waals surface area contributed by atoms with Gasteiger partial charge in [0, 0.05) is 13.0 Å². The summed E-state index contributed by atoms with van der Waals surface area (Å²) >= 11 is 0. The minimum atomic E-state index is -0.375. The number of methoxy groups -OCH3 is 1. The Balaban J connectivity index is 0.00000361. The van der Waals surface area contributed by atoms with Crippen molar-refractivity contribution in [3.05, 3.63) is 29.6 Å². The van der Waals surface area contributed by atoms with Crippen LogP contribution in [0.25, 0.3) is 0 Å². The molecule has 6 heteroatoms. The minimum absolute atomic E-state index is 0. The van der Waals surface area contributed by atoms with Crippen molar-refractivity contribution in [3.8, 4) is 5.75 Å². The molecular formula is C14H22ClFN2O2. The molecule has 1 aromatic rings. The predicted octanol–water partition coefficient (Wildman–Crippen LogP) is 1.91. The maximum absolute atomic E-state index is 13.4. The summed E-state index contributed by atoms with van der Waals surface area (Å²) in [5.74, 6) is -0.107. The molecule has 0 saturated heterocycles. The van der Waals surface area contributed by atoms with Gasteiger partial charge in [-0.25, -0.2) is 4.39 Å². The van der Waals surface area contributed by atoms with E-state index in [1.54, 1.807) is 12.1 Å². The van der Waals surface area contributed by atoms with Gasteiger partial charge in [0.1, 0.15) is 0 Å². The molecule has 0 fully saturated rings. The number of ether oxygens (including phenoxy) is 1. The van der Waals surface area contributed by atoms with E-state index in [0.717, 1.165) is 18.5 Å². The van der Waals surface area contributed by atoms with Gasteiger partial charge in [0.05, 0.1) is 7.11 Å². The van der Waals surface area contributed by atoms with Crippen LogP contribution < -0.4 is 15.4 Å². The zero-order valence-corrected chi connectivity index (χ0v) is 12.7. The quantitative estimate of drug-likeness (QED) is 0.721. The average molecular weight is 305 g/mol. The lowest BCUT2D eigenvalue weighted by Gasteiger charge is -2.07. The first kappa shape index (κ1) is 18.7. The Morgan fingerprint density at radius 1 is 1.35 bits per heavy atom. The van der Waals surface area contributed by atoms with Gasteiger partial charge >= 0.3 is 0 Å². The number of nitrogens with one attached hydrogen (secondary N) is 2. The molecule has 114 valence electrons. The zero-order chi connectivity index (χ0) is 14.1. The number of halogens is 2. The van der Waals surface area contributed by atoms with Crippen LogP contribution in [0, 0.1) is 5.82 Å². The van der Waals surface area contributed by atoms with Gasteiger partial charge < -0.3 is 15.4 Å². The molecule has 0 bridgehead atoms. The van der Waals surface area contributed by atoms with E-state index in [4.69, 9.17) is 4.74 Å². The summed E-state index contributed by atoms with van der Waals surface area (Å²) in [6.07, 6.45) is 1.94. The smallest absolute Gasteiger partial charge is 0.220 e. The summed E-state index contributed by atoms with van der Waals surface area (Å²) in [5, 5.41) is 5.81. The first-order chi connectivity index (χ1) is 9.17. The predicted molar refractivity (Wildman–Crippen MR) is 80.1 cm³/mol. The van der Waals surface area contributed by atoms with Crippen molar-refractivity contribution in [2.75, 3.05) is 27.2 Å². The van der Waals surface area contributed by atoms with Crippen molar-refractivity contribution in [2.45, 2.75) is 19.3 Å². The van der Waals surface area contributed by atoms with Gasteiger partial charge in [0.15, 0.2) is 11.6 Å². The van der Waals surface area contributed by atoms with E-state index in [2.05, 4.69) is 10.6 Å². The molecule has 0 saturated carbocycles. The molecular weight excluding hydrogens is 283 g/mol. The molecule has 1 aromatic carbocycles. The number of rotatable bonds is 8. The average Bonchev–Trinajstić information content (AvgIpc) is 2.39. The van der Waals surface area contributed by atoms with Gasteiger partial charge in [-0.1, -0.05) is 6.07 Å². The fourth-order valence-corrected chi connectivity index (χ4v) is 1.73. The molecule has 20 heavy (non-hydrogen) atoms. The number of amides is 1. The molecule has 0 spiro atoms. The number of hydrogen-bond acceptors (Lipinski definition) is 3. The summed E-state index contributed by atoms with van der Waals surface area (Å²) in [6.45, 7) is 1.35. The van der Waals surface area contributed by atoms with E-state index in [-0.39, 0.29) is 29.9 Å². The lowest BCUT2D eigenvalue weighted by atomic mass is 10.1. The number of hydrogen-bond donors (Lipinski definition) is 2. The highest BCUT2D eigenvalue weighted by Crippen LogP contribution is 2.17. The Morgan fingerprint density at radius 3 is 2.70 bits per heavy atom. The molecule has 1 amide bonds. The molecule has 4 nitrogen and oxygen atoms in total. The summed E-state index contributed by atoms with van der Waals surface area (Å²) in [7, 11) is 3.29. The molecule has 0 aliphatic heterocycles. The van der Waals surface area contributed by atoms with E-state index in [0.29, 0.717) is 19.4 Å². The van der Waals surface area contributed by atoms with E-state index in [9.17, 15) is 9.18 Å². The van der Waals surface area contributed by atoms with Crippen LogP contribution in [0.3, 0.4) is 0 Å². The SMILES string of the molecule is CNCCCC(=O)NCCc1ccc(OC)c(F)c1.Cl. The maximum atomic E-state index is 13.4. The molecule has 0 unspecified atom stereocenters. The maximum Gasteiger partial charge on any atom is 0.220 e. The van der Waals surface area contributed by atoms with E-state index >= 15 is 0 Å². The standard InChI is InChI=1S/C14H21FN2O2.ClH/c1-16-8-3-4-14(18)17-9-7-11-5-6-13(19-2)12(15)10-11;/h5-6,10,16H,3-4,7-9H2,1-2H3,(H,17,18);1H. The number of carbonyl (C=O) groups excluding carboxylic acids is 1. The lowest BCUT2D eigenvalue weighted by molar-refractivity contribution is -0.121. The van der Waals surface area contributed by atoms with Crippen molar-refractivity contribution >= 4 is 18.3 Å². The molecule has 0 radical (unpaired) electrons. The molecule has 0 aliphatic rings. The summed E-state index contributed by atoms with van der Waals surface area (Å²) in [6, 6.07) is 4.83. The second kappa shape index (κ2) is 10.5. The van der Waals surface area contributed by atoms with E-state index in [1.807, 2.05) is 7.05 Å². The normalized spacial score (nSPS) is 9.75. The second-order valence-electron chi connectivity index (χ2n) is 4.28. The Morgan fingerprint density at radius 2 is 2.10 bits per heavy atom. The summed E-state index contributed by atoms with van der Waals surface area (Å²) in [4.78, 5) is 11.4. The van der Waals surface area contributed by atoms with Crippen LogP contribution in [0.2, 0.25) is 0 Å². The number of benzene rings is 1. The van der Waals surface area contributed by atoms with Crippen LogP contribution in [0.5, 0.6) is 5.75 Å². The monoisotopic (exact) mass is 304 g/mol. The van der Waals surface area contributed by atoms with Crippen molar-refractivity contribution < 1.29 is 13.9 Å². The second-order valence-corrected chi connectivity index (χ2v) is 4.28. The van der Waals surface area contributed by atoms with Gasteiger partial charge in [-0.3, -0.25) is 4.79 Å². The minimum Gasteiger partial charge on any atom is -0.494 e.